The molecular weight excluding hydrogens is 302 g/mol. The summed E-state index contributed by atoms with van der Waals surface area (Å²) >= 11 is 3.45. The van der Waals surface area contributed by atoms with Crippen LogP contribution < -0.4 is 5.32 Å². The highest BCUT2D eigenvalue weighted by atomic mass is 79.9. The van der Waals surface area contributed by atoms with E-state index in [0.29, 0.717) is 0 Å². The van der Waals surface area contributed by atoms with E-state index in [9.17, 15) is 0 Å². The highest BCUT2D eigenvalue weighted by Gasteiger charge is 2.05. The molecule has 4 heteroatoms. The van der Waals surface area contributed by atoms with Crippen molar-refractivity contribution in [2.24, 2.45) is 0 Å². The van der Waals surface area contributed by atoms with Gasteiger partial charge in [0.1, 0.15) is 11.6 Å². The molecule has 1 N–H and O–H groups in total. The first-order valence-corrected chi connectivity index (χ1v) is 7.40. The Morgan fingerprint density at radius 1 is 1.11 bits per heavy atom. The van der Waals surface area contributed by atoms with Gasteiger partial charge >= 0.3 is 0 Å². The molecule has 3 nitrogen and oxygen atoms in total. The fourth-order valence-corrected chi connectivity index (χ4v) is 2.03. The average Bonchev–Trinajstić information content (AvgIpc) is 2.45. The summed E-state index contributed by atoms with van der Waals surface area (Å²) in [6, 6.07) is 10.2. The van der Waals surface area contributed by atoms with Crippen molar-refractivity contribution in [1.82, 2.24) is 9.97 Å². The van der Waals surface area contributed by atoms with Crippen LogP contribution in [-0.4, -0.2) is 16.5 Å². The van der Waals surface area contributed by atoms with Crippen molar-refractivity contribution in [3.05, 3.63) is 40.6 Å². The molecule has 1 aromatic heterocycles. The van der Waals surface area contributed by atoms with Gasteiger partial charge in [0.15, 0.2) is 0 Å². The molecule has 0 radical (unpaired) electrons. The molecule has 19 heavy (non-hydrogen) atoms. The number of anilines is 1. The highest BCUT2D eigenvalue weighted by molar-refractivity contribution is 9.10. The summed E-state index contributed by atoms with van der Waals surface area (Å²) in [4.78, 5) is 9.09. The summed E-state index contributed by atoms with van der Waals surface area (Å²) < 4.78 is 1.07. The molecule has 2 rings (SSSR count). The van der Waals surface area contributed by atoms with Crippen LogP contribution >= 0.6 is 15.9 Å². The summed E-state index contributed by atoms with van der Waals surface area (Å²) in [5.74, 6) is 1.78. The molecule has 0 aliphatic carbocycles. The Balaban J connectivity index is 2.35. The van der Waals surface area contributed by atoms with Gasteiger partial charge in [0, 0.05) is 29.1 Å². The monoisotopic (exact) mass is 319 g/mol. The van der Waals surface area contributed by atoms with Crippen LogP contribution in [0, 0.1) is 0 Å². The Hall–Kier alpha value is -1.42. The smallest absolute Gasteiger partial charge is 0.131 e. The Labute approximate surface area is 122 Å². The van der Waals surface area contributed by atoms with Crippen LogP contribution in [0.15, 0.2) is 34.8 Å². The van der Waals surface area contributed by atoms with E-state index in [1.807, 2.05) is 18.2 Å². The predicted molar refractivity (Wildman–Crippen MR) is 83.3 cm³/mol. The zero-order valence-electron chi connectivity index (χ0n) is 11.3. The van der Waals surface area contributed by atoms with Crippen LogP contribution in [0.5, 0.6) is 0 Å². The largest absolute Gasteiger partial charge is 0.370 e. The third kappa shape index (κ3) is 3.77. The zero-order valence-corrected chi connectivity index (χ0v) is 12.9. The van der Waals surface area contributed by atoms with Crippen LogP contribution in [0.1, 0.15) is 26.1 Å². The molecule has 0 aliphatic heterocycles. The molecule has 0 fully saturated rings. The van der Waals surface area contributed by atoms with E-state index in [0.717, 1.165) is 46.8 Å². The number of nitrogens with zero attached hydrogens (tertiary/aromatic N) is 2. The summed E-state index contributed by atoms with van der Waals surface area (Å²) in [5, 5.41) is 3.33. The number of halogens is 1. The van der Waals surface area contributed by atoms with Crippen LogP contribution in [-0.2, 0) is 6.42 Å². The number of nitrogens with one attached hydrogen (secondary N) is 1. The maximum absolute atomic E-state index is 4.59. The second-order valence-electron chi connectivity index (χ2n) is 4.34. The summed E-state index contributed by atoms with van der Waals surface area (Å²) in [7, 11) is 0. The summed E-state index contributed by atoms with van der Waals surface area (Å²) in [6.45, 7) is 5.15. The first-order chi connectivity index (χ1) is 9.22. The van der Waals surface area contributed by atoms with E-state index in [-0.39, 0.29) is 0 Å². The van der Waals surface area contributed by atoms with E-state index < -0.39 is 0 Å². The molecule has 0 spiro atoms. The maximum atomic E-state index is 4.59. The van der Waals surface area contributed by atoms with Gasteiger partial charge < -0.3 is 5.32 Å². The second-order valence-corrected chi connectivity index (χ2v) is 5.26. The van der Waals surface area contributed by atoms with Gasteiger partial charge in [0.25, 0.3) is 0 Å². The van der Waals surface area contributed by atoms with Gasteiger partial charge in [-0.15, -0.1) is 0 Å². The number of hydrogen-bond acceptors (Lipinski definition) is 3. The van der Waals surface area contributed by atoms with Crippen LogP contribution in [0.25, 0.3) is 11.3 Å². The van der Waals surface area contributed by atoms with Gasteiger partial charge in [-0.2, -0.15) is 0 Å². The van der Waals surface area contributed by atoms with Crippen molar-refractivity contribution in [3.63, 3.8) is 0 Å². The predicted octanol–water partition coefficient (Wildman–Crippen LogP) is 4.29. The van der Waals surface area contributed by atoms with Crippen molar-refractivity contribution in [2.75, 3.05) is 11.9 Å². The minimum Gasteiger partial charge on any atom is -0.370 e. The standard InChI is InChI=1S/C15H18BrN3/c1-3-9-17-15-10-13(18-14(4-2)19-15)11-5-7-12(16)8-6-11/h5-8,10H,3-4,9H2,1-2H3,(H,17,18,19). The number of hydrogen-bond donors (Lipinski definition) is 1. The fourth-order valence-electron chi connectivity index (χ4n) is 1.77. The lowest BCUT2D eigenvalue weighted by Gasteiger charge is -2.09. The average molecular weight is 320 g/mol. The van der Waals surface area contributed by atoms with Crippen molar-refractivity contribution >= 4 is 21.7 Å². The molecule has 0 atom stereocenters. The SMILES string of the molecule is CCCNc1cc(-c2ccc(Br)cc2)nc(CC)n1. The van der Waals surface area contributed by atoms with Crippen molar-refractivity contribution < 1.29 is 0 Å². The topological polar surface area (TPSA) is 37.8 Å². The Morgan fingerprint density at radius 2 is 1.84 bits per heavy atom. The Bertz CT molecular complexity index is 538. The minimum absolute atomic E-state index is 0.838. The quantitative estimate of drug-likeness (QED) is 0.893. The van der Waals surface area contributed by atoms with Gasteiger partial charge in [-0.25, -0.2) is 9.97 Å². The Kier molecular flexibility index (Phi) is 4.91. The van der Waals surface area contributed by atoms with Gasteiger partial charge in [-0.1, -0.05) is 41.9 Å². The maximum Gasteiger partial charge on any atom is 0.131 e. The molecular formula is C15H18BrN3. The van der Waals surface area contributed by atoms with Gasteiger partial charge in [-0.05, 0) is 18.6 Å². The summed E-state index contributed by atoms with van der Waals surface area (Å²) in [5.41, 5.74) is 2.08. The van der Waals surface area contributed by atoms with Gasteiger partial charge in [-0.3, -0.25) is 0 Å². The first kappa shape index (κ1) is 14.0. The fraction of sp³-hybridized carbons (Fsp3) is 0.333. The number of rotatable bonds is 5. The van der Waals surface area contributed by atoms with E-state index in [4.69, 9.17) is 0 Å². The van der Waals surface area contributed by atoms with Crippen molar-refractivity contribution in [1.29, 1.82) is 0 Å². The molecule has 0 unspecified atom stereocenters. The number of aromatic nitrogens is 2. The molecule has 0 saturated heterocycles. The number of benzene rings is 1. The number of aryl methyl sites for hydroxylation is 1. The zero-order chi connectivity index (χ0) is 13.7. The lowest BCUT2D eigenvalue weighted by atomic mass is 10.1. The third-order valence-electron chi connectivity index (χ3n) is 2.78. The summed E-state index contributed by atoms with van der Waals surface area (Å²) in [6.07, 6.45) is 1.92. The van der Waals surface area contributed by atoms with Gasteiger partial charge in [0.05, 0.1) is 5.69 Å². The lowest BCUT2D eigenvalue weighted by molar-refractivity contribution is 0.919. The third-order valence-corrected chi connectivity index (χ3v) is 3.31. The highest BCUT2D eigenvalue weighted by Crippen LogP contribution is 2.22. The van der Waals surface area contributed by atoms with E-state index >= 15 is 0 Å². The molecule has 0 aliphatic rings. The van der Waals surface area contributed by atoms with E-state index in [2.05, 4.69) is 57.2 Å². The van der Waals surface area contributed by atoms with Crippen molar-refractivity contribution in [3.8, 4) is 11.3 Å². The second kappa shape index (κ2) is 6.66. The molecule has 100 valence electrons. The van der Waals surface area contributed by atoms with E-state index in [1.165, 1.54) is 0 Å². The van der Waals surface area contributed by atoms with Crippen LogP contribution in [0.4, 0.5) is 5.82 Å². The molecule has 0 bridgehead atoms. The van der Waals surface area contributed by atoms with Crippen LogP contribution in [0.3, 0.4) is 0 Å². The molecule has 0 saturated carbocycles. The molecule has 1 aromatic carbocycles. The van der Waals surface area contributed by atoms with Crippen molar-refractivity contribution in [2.45, 2.75) is 26.7 Å². The van der Waals surface area contributed by atoms with Gasteiger partial charge in [0.2, 0.25) is 0 Å². The molecule has 2 aromatic rings. The van der Waals surface area contributed by atoms with E-state index in [1.54, 1.807) is 0 Å². The molecule has 1 heterocycles. The Morgan fingerprint density at radius 3 is 2.47 bits per heavy atom. The first-order valence-electron chi connectivity index (χ1n) is 6.60. The molecule has 0 amide bonds. The normalized spacial score (nSPS) is 10.5. The van der Waals surface area contributed by atoms with Crippen LogP contribution in [0.2, 0.25) is 0 Å². The minimum atomic E-state index is 0.838. The lowest BCUT2D eigenvalue weighted by Crippen LogP contribution is -2.05.